The lowest BCUT2D eigenvalue weighted by atomic mass is 9.88. The van der Waals surface area contributed by atoms with Gasteiger partial charge in [-0.15, -0.1) is 0 Å². The predicted molar refractivity (Wildman–Crippen MR) is 130 cm³/mol. The van der Waals surface area contributed by atoms with Gasteiger partial charge >= 0.3 is 6.09 Å². The highest BCUT2D eigenvalue weighted by molar-refractivity contribution is 8.00. The van der Waals surface area contributed by atoms with Crippen LogP contribution >= 0.6 is 11.8 Å². The molecule has 180 valence electrons. The van der Waals surface area contributed by atoms with Crippen LogP contribution in [-0.2, 0) is 9.53 Å². The second kappa shape index (κ2) is 14.0. The van der Waals surface area contributed by atoms with Crippen molar-refractivity contribution < 1.29 is 14.3 Å². The molecule has 31 heavy (non-hydrogen) atoms. The topological polar surface area (TPSA) is 117 Å². The van der Waals surface area contributed by atoms with Gasteiger partial charge in [-0.25, -0.2) is 4.79 Å². The molecule has 7 nitrogen and oxygen atoms in total. The zero-order valence-corrected chi connectivity index (χ0v) is 20.9. The quantitative estimate of drug-likeness (QED) is 0.229. The summed E-state index contributed by atoms with van der Waals surface area (Å²) in [5.41, 5.74) is 5.59. The number of carbonyl (C=O) groups excluding carboxylic acids is 2. The van der Waals surface area contributed by atoms with Crippen molar-refractivity contribution in [2.24, 2.45) is 11.7 Å². The summed E-state index contributed by atoms with van der Waals surface area (Å²) in [6, 6.07) is -1.16. The average molecular weight is 457 g/mol. The molecule has 0 unspecified atom stereocenters. The molecular formula is C23H44N4O3S. The van der Waals surface area contributed by atoms with E-state index in [0.29, 0.717) is 18.8 Å². The molecule has 1 fully saturated rings. The first kappa shape index (κ1) is 27.8. The van der Waals surface area contributed by atoms with E-state index in [1.54, 1.807) is 25.6 Å². The van der Waals surface area contributed by atoms with Crippen molar-refractivity contribution in [1.82, 2.24) is 10.6 Å². The summed E-state index contributed by atoms with van der Waals surface area (Å²) in [5, 5.41) is 13.9. The predicted octanol–water partition coefficient (Wildman–Crippen LogP) is 4.24. The Morgan fingerprint density at radius 3 is 2.42 bits per heavy atom. The Balaban J connectivity index is 3.00. The Kier molecular flexibility index (Phi) is 12.5. The third-order valence-electron chi connectivity index (χ3n) is 5.69. The Labute approximate surface area is 192 Å². The number of alkyl carbamates (subject to hydrolysis) is 1. The number of Topliss-reactive ketones (excluding diaryl/α,β-unsaturated/α-hetero) is 1. The summed E-state index contributed by atoms with van der Waals surface area (Å²) in [7, 11) is 0. The lowest BCUT2D eigenvalue weighted by Gasteiger charge is -2.36. The summed E-state index contributed by atoms with van der Waals surface area (Å²) in [5.74, 6) is 1.47. The third-order valence-corrected chi connectivity index (χ3v) is 7.28. The standard InChI is InChI=1S/C23H44N4O3S/c1-6-14-31-23(4,5)21(27-22(29)30-16(2)3)20(28)18(12-13-19(24)25)26-15-17-10-8-7-9-11-17/h16-18,21,26H,6-15H2,1-5H3,(H3,24,25)(H,27,29)/t18-,21-/m0/s1. The molecule has 0 aromatic carbocycles. The first-order valence-electron chi connectivity index (χ1n) is 11.8. The Hall–Kier alpha value is -1.28. The van der Waals surface area contributed by atoms with E-state index in [-0.39, 0.29) is 17.7 Å². The molecule has 0 bridgehead atoms. The molecule has 0 heterocycles. The highest BCUT2D eigenvalue weighted by Gasteiger charge is 2.40. The van der Waals surface area contributed by atoms with Crippen LogP contribution in [-0.4, -0.2) is 52.9 Å². The lowest BCUT2D eigenvalue weighted by Crippen LogP contribution is -2.58. The van der Waals surface area contributed by atoms with Crippen molar-refractivity contribution in [3.8, 4) is 0 Å². The van der Waals surface area contributed by atoms with E-state index in [1.165, 1.54) is 32.1 Å². The largest absolute Gasteiger partial charge is 0.447 e. The van der Waals surface area contributed by atoms with E-state index in [9.17, 15) is 9.59 Å². The Bertz CT molecular complexity index is 577. The monoisotopic (exact) mass is 456 g/mol. The molecule has 2 atom stereocenters. The molecule has 1 aliphatic carbocycles. The first-order valence-corrected chi connectivity index (χ1v) is 12.8. The fourth-order valence-electron chi connectivity index (χ4n) is 3.95. The van der Waals surface area contributed by atoms with Crippen molar-refractivity contribution in [2.45, 2.75) is 109 Å². The van der Waals surface area contributed by atoms with Gasteiger partial charge in [-0.3, -0.25) is 10.2 Å². The molecule has 0 aromatic heterocycles. The summed E-state index contributed by atoms with van der Waals surface area (Å²) in [4.78, 5) is 26.1. The zero-order chi connectivity index (χ0) is 23.4. The average Bonchev–Trinajstić information content (AvgIpc) is 2.70. The van der Waals surface area contributed by atoms with E-state index in [2.05, 4.69) is 17.6 Å². The molecule has 0 aliphatic heterocycles. The van der Waals surface area contributed by atoms with Crippen LogP contribution in [0.4, 0.5) is 4.79 Å². The normalized spacial score (nSPS) is 17.2. The number of rotatable bonds is 14. The highest BCUT2D eigenvalue weighted by Crippen LogP contribution is 2.31. The maximum atomic E-state index is 13.7. The lowest BCUT2D eigenvalue weighted by molar-refractivity contribution is -0.123. The van der Waals surface area contributed by atoms with E-state index in [0.717, 1.165) is 18.7 Å². The number of thioether (sulfide) groups is 1. The summed E-state index contributed by atoms with van der Waals surface area (Å²) >= 11 is 1.68. The zero-order valence-electron chi connectivity index (χ0n) is 20.1. The number of nitrogens with two attached hydrogens (primary N) is 1. The Morgan fingerprint density at radius 1 is 1.23 bits per heavy atom. The summed E-state index contributed by atoms with van der Waals surface area (Å²) < 4.78 is 4.78. The number of nitrogens with one attached hydrogen (secondary N) is 3. The molecule has 1 rings (SSSR count). The molecule has 0 saturated heterocycles. The number of hydrogen-bond acceptors (Lipinski definition) is 6. The molecule has 0 aromatic rings. The van der Waals surface area contributed by atoms with Crippen LogP contribution in [0, 0.1) is 11.3 Å². The molecular weight excluding hydrogens is 412 g/mol. The molecule has 1 aliphatic rings. The van der Waals surface area contributed by atoms with Crippen LogP contribution in [0.1, 0.15) is 86.0 Å². The van der Waals surface area contributed by atoms with Crippen LogP contribution in [0.5, 0.6) is 0 Å². The fraction of sp³-hybridized carbons (Fsp3) is 0.870. The van der Waals surface area contributed by atoms with Crippen LogP contribution in [0.25, 0.3) is 0 Å². The van der Waals surface area contributed by atoms with Gasteiger partial charge in [0.15, 0.2) is 5.78 Å². The van der Waals surface area contributed by atoms with E-state index in [1.807, 2.05) is 13.8 Å². The van der Waals surface area contributed by atoms with Gasteiger partial charge in [0, 0.05) is 11.2 Å². The highest BCUT2D eigenvalue weighted by atomic mass is 32.2. The van der Waals surface area contributed by atoms with Crippen molar-refractivity contribution >= 4 is 29.5 Å². The van der Waals surface area contributed by atoms with Gasteiger partial charge in [-0.05, 0) is 71.6 Å². The number of ketones is 1. The third kappa shape index (κ3) is 10.7. The second-order valence-corrected chi connectivity index (χ2v) is 11.2. The van der Waals surface area contributed by atoms with Crippen LogP contribution in [0.2, 0.25) is 0 Å². The molecule has 0 spiro atoms. The fourth-order valence-corrected chi connectivity index (χ4v) is 5.02. The van der Waals surface area contributed by atoms with E-state index in [4.69, 9.17) is 15.9 Å². The maximum absolute atomic E-state index is 13.7. The van der Waals surface area contributed by atoms with Crippen molar-refractivity contribution in [3.63, 3.8) is 0 Å². The first-order chi connectivity index (χ1) is 14.6. The van der Waals surface area contributed by atoms with Crippen molar-refractivity contribution in [3.05, 3.63) is 0 Å². The van der Waals surface area contributed by atoms with Gasteiger partial charge in [-0.1, -0.05) is 26.2 Å². The van der Waals surface area contributed by atoms with Gasteiger partial charge < -0.3 is 21.1 Å². The van der Waals surface area contributed by atoms with E-state index < -0.39 is 22.9 Å². The molecule has 5 N–H and O–H groups in total. The molecule has 1 saturated carbocycles. The number of carbonyl (C=O) groups is 2. The minimum absolute atomic E-state index is 0.0635. The van der Waals surface area contributed by atoms with Crippen molar-refractivity contribution in [1.29, 1.82) is 5.41 Å². The maximum Gasteiger partial charge on any atom is 0.408 e. The van der Waals surface area contributed by atoms with Gasteiger partial charge in [-0.2, -0.15) is 11.8 Å². The molecule has 1 amide bonds. The van der Waals surface area contributed by atoms with Gasteiger partial charge in [0.1, 0.15) is 6.04 Å². The second-order valence-electron chi connectivity index (χ2n) is 9.41. The summed E-state index contributed by atoms with van der Waals surface area (Å²) in [6.07, 6.45) is 7.08. The molecule has 8 heteroatoms. The summed E-state index contributed by atoms with van der Waals surface area (Å²) in [6.45, 7) is 10.4. The van der Waals surface area contributed by atoms with Gasteiger partial charge in [0.05, 0.1) is 18.0 Å². The van der Waals surface area contributed by atoms with E-state index >= 15 is 0 Å². The smallest absolute Gasteiger partial charge is 0.408 e. The van der Waals surface area contributed by atoms with Crippen LogP contribution in [0.15, 0.2) is 0 Å². The number of amides is 1. The number of ether oxygens (including phenoxy) is 1. The van der Waals surface area contributed by atoms with Gasteiger partial charge in [0.2, 0.25) is 0 Å². The van der Waals surface area contributed by atoms with Crippen LogP contribution in [0.3, 0.4) is 0 Å². The number of amidine groups is 1. The SMILES string of the molecule is CCCSC(C)(C)[C@@H](NC(=O)OC(C)C)C(=O)[C@H](CCC(=N)N)NCC1CCCCC1. The minimum atomic E-state index is -0.703. The Morgan fingerprint density at radius 2 is 1.87 bits per heavy atom. The number of hydrogen-bond donors (Lipinski definition) is 4. The van der Waals surface area contributed by atoms with Gasteiger partial charge in [0.25, 0.3) is 0 Å². The van der Waals surface area contributed by atoms with Crippen molar-refractivity contribution in [2.75, 3.05) is 12.3 Å². The van der Waals surface area contributed by atoms with Crippen LogP contribution < -0.4 is 16.4 Å². The molecule has 0 radical (unpaired) electrons. The minimum Gasteiger partial charge on any atom is -0.447 e.